The van der Waals surface area contributed by atoms with Gasteiger partial charge in [0.05, 0.1) is 81.9 Å². The molecular weight excluding hydrogens is 868 g/mol. The van der Waals surface area contributed by atoms with E-state index in [0.717, 1.165) is 51.4 Å². The van der Waals surface area contributed by atoms with Gasteiger partial charge in [-0.1, -0.05) is 34.6 Å². The van der Waals surface area contributed by atoms with E-state index < -0.39 is 30.1 Å². The number of aliphatic carboxylic acids is 1. The zero-order chi connectivity index (χ0) is 49.8. The maximum Gasteiger partial charge on any atom is 0.308 e. The molecule has 8 rings (SSSR count). The second kappa shape index (κ2) is 32.0. The fraction of sp³-hybridized carbons (Fsp3) is 0.809. The molecule has 0 spiro atoms. The number of carboxylic acids is 1. The van der Waals surface area contributed by atoms with Crippen molar-refractivity contribution in [2.24, 2.45) is 29.6 Å². The molecule has 0 aromatic carbocycles. The summed E-state index contributed by atoms with van der Waals surface area (Å²) < 4.78 is 37.8. The molecule has 0 radical (unpaired) electrons. The number of hydrogen-bond donors (Lipinski definition) is 2. The Morgan fingerprint density at radius 3 is 1.33 bits per heavy atom. The first kappa shape index (κ1) is 59.2. The first-order valence-corrected chi connectivity index (χ1v) is 23.3. The third-order valence-electron chi connectivity index (χ3n) is 10.8. The summed E-state index contributed by atoms with van der Waals surface area (Å²) in [6.07, 6.45) is 10.4. The Labute approximate surface area is 388 Å². The summed E-state index contributed by atoms with van der Waals surface area (Å²) in [6.45, 7) is 18.5. The maximum absolute atomic E-state index is 10.9. The van der Waals surface area contributed by atoms with Gasteiger partial charge in [0.1, 0.15) is 6.10 Å². The van der Waals surface area contributed by atoms with Gasteiger partial charge in [-0.15, -0.1) is 0 Å². The number of rotatable bonds is 2. The maximum atomic E-state index is 10.9. The lowest BCUT2D eigenvalue weighted by Crippen LogP contribution is -2.43. The van der Waals surface area contributed by atoms with E-state index in [0.29, 0.717) is 82.9 Å². The summed E-state index contributed by atoms with van der Waals surface area (Å²) in [4.78, 5) is 93.9. The molecule has 9 unspecified atom stereocenters. The average molecular weight is 945 g/mol. The Morgan fingerprint density at radius 2 is 1.02 bits per heavy atom. The molecule has 8 aliphatic heterocycles. The van der Waals surface area contributed by atoms with Crippen LogP contribution in [0.4, 0.5) is 0 Å². The summed E-state index contributed by atoms with van der Waals surface area (Å²) >= 11 is 0. The smallest absolute Gasteiger partial charge is 0.308 e. The van der Waals surface area contributed by atoms with E-state index in [9.17, 15) is 48.3 Å². The first-order chi connectivity index (χ1) is 31.0. The van der Waals surface area contributed by atoms with Crippen LogP contribution in [0.25, 0.3) is 0 Å². The Hall–Kier alpha value is -4.81. The number of esters is 8. The molecule has 0 aromatic heterocycles. The van der Waals surface area contributed by atoms with Crippen LogP contribution in [0.1, 0.15) is 158 Å². The van der Waals surface area contributed by atoms with Gasteiger partial charge >= 0.3 is 53.7 Å². The normalized spacial score (nSPS) is 30.7. The van der Waals surface area contributed by atoms with Crippen LogP contribution < -0.4 is 0 Å². The van der Waals surface area contributed by atoms with E-state index in [4.69, 9.17) is 33.5 Å². The topological polar surface area (TPSA) is 268 Å². The summed E-state index contributed by atoms with van der Waals surface area (Å²) in [5.41, 5.74) is -1.43. The summed E-state index contributed by atoms with van der Waals surface area (Å²) in [5.74, 6) is -0.0704. The molecule has 378 valence electrons. The van der Waals surface area contributed by atoms with E-state index in [-0.39, 0.29) is 78.7 Å². The highest BCUT2D eigenvalue weighted by Gasteiger charge is 2.40. The predicted molar refractivity (Wildman–Crippen MR) is 234 cm³/mol. The number of carboxylic acid groups (broad SMARTS) is 1. The van der Waals surface area contributed by atoms with Gasteiger partial charge in [-0.2, -0.15) is 0 Å². The Kier molecular flexibility index (Phi) is 28.7. The number of ether oxygens (including phenoxy) is 8. The Bertz CT molecular complexity index is 1500. The van der Waals surface area contributed by atoms with Gasteiger partial charge in [0, 0.05) is 38.0 Å². The highest BCUT2D eigenvalue weighted by Crippen LogP contribution is 2.28. The zero-order valence-electron chi connectivity index (χ0n) is 40.3. The van der Waals surface area contributed by atoms with Crippen LogP contribution in [0.2, 0.25) is 0 Å². The molecule has 0 bridgehead atoms. The average Bonchev–Trinajstić information content (AvgIpc) is 3.93. The molecule has 19 heteroatoms. The van der Waals surface area contributed by atoms with Gasteiger partial charge < -0.3 is 48.1 Å². The van der Waals surface area contributed by atoms with E-state index in [1.165, 1.54) is 0 Å². The van der Waals surface area contributed by atoms with Crippen LogP contribution in [0, 0.1) is 29.6 Å². The number of cyclic esters (lactones) is 8. The van der Waals surface area contributed by atoms with Crippen molar-refractivity contribution in [1.82, 2.24) is 0 Å². The van der Waals surface area contributed by atoms with Crippen LogP contribution in [-0.2, 0) is 81.0 Å². The standard InChI is InChI=1S/C8H12O5.4C6H10O2.3C5H8O2/c1-5-2-8(12,3-6(9)10)4-7(11)13-5;1-5-2-3-8-6(7)4-5;1-5-2-3-6(7)8-4-5;1-5-3-2-4-8-6(5)7;1-5-3-2-4-6(7)8-5;1-4-2-5(6)7-3-4;1-4-2-3-7-5(4)6;1-4-2-3-5(6)7-4/h5,12H,2-4H2,1H3,(H,9,10);4*5H,2-4H2,1H3;3*4H,2-3H2,1H3. The quantitative estimate of drug-likeness (QED) is 0.246. The molecule has 8 fully saturated rings. The van der Waals surface area contributed by atoms with Crippen molar-refractivity contribution in [3.05, 3.63) is 0 Å². The number of carbonyl (C=O) groups is 9. The largest absolute Gasteiger partial charge is 0.481 e. The monoisotopic (exact) mass is 944 g/mol. The summed E-state index contributed by atoms with van der Waals surface area (Å²) in [6, 6.07) is 0. The van der Waals surface area contributed by atoms with Crippen LogP contribution in [0.15, 0.2) is 0 Å². The lowest BCUT2D eigenvalue weighted by Gasteiger charge is -2.33. The lowest BCUT2D eigenvalue weighted by atomic mass is 9.87. The van der Waals surface area contributed by atoms with Crippen molar-refractivity contribution < 1.29 is 91.3 Å². The molecule has 0 aliphatic carbocycles. The third-order valence-corrected chi connectivity index (χ3v) is 10.8. The van der Waals surface area contributed by atoms with Crippen molar-refractivity contribution in [2.45, 2.75) is 182 Å². The van der Waals surface area contributed by atoms with Crippen LogP contribution in [0.5, 0.6) is 0 Å². The van der Waals surface area contributed by atoms with Crippen molar-refractivity contribution in [3.63, 3.8) is 0 Å². The van der Waals surface area contributed by atoms with Crippen molar-refractivity contribution >= 4 is 53.7 Å². The molecular formula is C47H76O19. The van der Waals surface area contributed by atoms with Crippen LogP contribution in [0.3, 0.4) is 0 Å². The number of hydrogen-bond acceptors (Lipinski definition) is 18. The van der Waals surface area contributed by atoms with Crippen LogP contribution in [-0.4, -0.2) is 121 Å². The highest BCUT2D eigenvalue weighted by molar-refractivity contribution is 5.75. The predicted octanol–water partition coefficient (Wildman–Crippen LogP) is 5.75. The SMILES string of the molecule is CC1CC(O)(CC(=O)O)CC(=O)O1.CC1CCC(=O)O1.CC1CCC(=O)OC1.CC1CCCC(=O)O1.CC1CCCOC1=O.CC1CCOC(=O)C1.CC1CCOC1=O.CC1COC(=O)C1. The minimum atomic E-state index is -1.43. The van der Waals surface area contributed by atoms with Crippen molar-refractivity contribution in [3.8, 4) is 0 Å². The minimum absolute atomic E-state index is 0.0312. The first-order valence-electron chi connectivity index (χ1n) is 23.3. The highest BCUT2D eigenvalue weighted by atomic mass is 16.6. The van der Waals surface area contributed by atoms with Gasteiger partial charge in [-0.3, -0.25) is 43.2 Å². The van der Waals surface area contributed by atoms with E-state index in [2.05, 4.69) is 23.3 Å². The van der Waals surface area contributed by atoms with Gasteiger partial charge in [-0.25, -0.2) is 0 Å². The molecule has 9 atom stereocenters. The molecule has 66 heavy (non-hydrogen) atoms. The lowest BCUT2D eigenvalue weighted by molar-refractivity contribution is -0.172. The van der Waals surface area contributed by atoms with Gasteiger partial charge in [0.25, 0.3) is 0 Å². The van der Waals surface area contributed by atoms with Gasteiger partial charge in [-0.05, 0) is 84.0 Å². The summed E-state index contributed by atoms with van der Waals surface area (Å²) in [5, 5.41) is 18.2. The molecule has 8 aliphatic rings. The van der Waals surface area contributed by atoms with Gasteiger partial charge in [0.2, 0.25) is 0 Å². The number of aliphatic hydroxyl groups is 1. The molecule has 0 saturated carbocycles. The minimum Gasteiger partial charge on any atom is -0.481 e. The van der Waals surface area contributed by atoms with E-state index >= 15 is 0 Å². The third kappa shape index (κ3) is 29.0. The number of carbonyl (C=O) groups excluding carboxylic acids is 8. The fourth-order valence-electron chi connectivity index (χ4n) is 6.77. The second-order valence-electron chi connectivity index (χ2n) is 18.2. The molecule has 2 N–H and O–H groups in total. The fourth-order valence-corrected chi connectivity index (χ4v) is 6.77. The van der Waals surface area contributed by atoms with E-state index in [1.54, 1.807) is 6.92 Å². The molecule has 8 heterocycles. The molecule has 19 nitrogen and oxygen atoms in total. The van der Waals surface area contributed by atoms with Crippen LogP contribution >= 0.6 is 0 Å². The van der Waals surface area contributed by atoms with E-state index in [1.807, 2.05) is 34.6 Å². The second-order valence-corrected chi connectivity index (χ2v) is 18.2. The molecule has 0 aromatic rings. The van der Waals surface area contributed by atoms with Crippen molar-refractivity contribution in [2.75, 3.05) is 33.0 Å². The molecule has 8 saturated heterocycles. The van der Waals surface area contributed by atoms with Gasteiger partial charge in [0.15, 0.2) is 0 Å². The summed E-state index contributed by atoms with van der Waals surface area (Å²) in [7, 11) is 0. The molecule has 0 amide bonds. The Balaban J connectivity index is 0.000000380. The Morgan fingerprint density at radius 1 is 0.500 bits per heavy atom. The zero-order valence-corrected chi connectivity index (χ0v) is 40.3. The van der Waals surface area contributed by atoms with Crippen molar-refractivity contribution in [1.29, 1.82) is 0 Å².